The molecule has 156 valence electrons. The van der Waals surface area contributed by atoms with Gasteiger partial charge in [0.1, 0.15) is 0 Å². The quantitative estimate of drug-likeness (QED) is 0.770. The molecule has 2 amide bonds. The highest BCUT2D eigenvalue weighted by atomic mass is 19.4. The van der Waals surface area contributed by atoms with Crippen molar-refractivity contribution >= 4 is 11.7 Å². The highest BCUT2D eigenvalue weighted by Gasteiger charge is 2.29. The first-order chi connectivity index (χ1) is 13.9. The Kier molecular flexibility index (Phi) is 6.98. The Bertz CT molecular complexity index is 786. The number of morpholine rings is 1. The summed E-state index contributed by atoms with van der Waals surface area (Å²) in [5, 5.41) is 5.50. The van der Waals surface area contributed by atoms with Crippen molar-refractivity contribution in [1.29, 1.82) is 0 Å². The predicted molar refractivity (Wildman–Crippen MR) is 105 cm³/mol. The number of hydrogen-bond acceptors (Lipinski definition) is 3. The molecule has 8 heteroatoms. The molecule has 0 radical (unpaired) electrons. The first-order valence-electron chi connectivity index (χ1n) is 9.51. The number of nitrogens with zero attached hydrogens (tertiary/aromatic N) is 1. The molecule has 29 heavy (non-hydrogen) atoms. The molecule has 1 heterocycles. The maximum absolute atomic E-state index is 12.5. The zero-order valence-corrected chi connectivity index (χ0v) is 16.0. The fourth-order valence-electron chi connectivity index (χ4n) is 3.07. The van der Waals surface area contributed by atoms with Crippen LogP contribution in [0.2, 0.25) is 0 Å². The molecule has 2 N–H and O–H groups in total. The third-order valence-corrected chi connectivity index (χ3v) is 4.75. The molecule has 0 unspecified atom stereocenters. The maximum atomic E-state index is 12.5. The number of urea groups is 1. The number of alkyl halides is 3. The van der Waals surface area contributed by atoms with Crippen LogP contribution in [0.15, 0.2) is 48.5 Å². The number of amides is 2. The summed E-state index contributed by atoms with van der Waals surface area (Å²) < 4.78 is 43.0. The summed E-state index contributed by atoms with van der Waals surface area (Å²) in [4.78, 5) is 14.2. The Labute approximate surface area is 167 Å². The topological polar surface area (TPSA) is 53.6 Å². The van der Waals surface area contributed by atoms with Crippen LogP contribution in [0.3, 0.4) is 0 Å². The molecule has 0 atom stereocenters. The minimum Gasteiger partial charge on any atom is -0.378 e. The first kappa shape index (κ1) is 21.0. The number of hydrogen-bond donors (Lipinski definition) is 2. The van der Waals surface area contributed by atoms with Gasteiger partial charge in [-0.3, -0.25) is 0 Å². The summed E-state index contributed by atoms with van der Waals surface area (Å²) in [6.07, 6.45) is -3.88. The largest absolute Gasteiger partial charge is 0.416 e. The van der Waals surface area contributed by atoms with E-state index in [1.807, 2.05) is 24.3 Å². The average molecular weight is 407 g/mol. The Balaban J connectivity index is 1.37. The number of benzene rings is 2. The van der Waals surface area contributed by atoms with Crippen molar-refractivity contribution in [3.8, 4) is 0 Å². The fraction of sp³-hybridized carbons (Fsp3) is 0.381. The van der Waals surface area contributed by atoms with Gasteiger partial charge in [0.25, 0.3) is 0 Å². The van der Waals surface area contributed by atoms with Crippen LogP contribution < -0.4 is 15.5 Å². The van der Waals surface area contributed by atoms with Crippen LogP contribution in [0.25, 0.3) is 0 Å². The van der Waals surface area contributed by atoms with E-state index in [-0.39, 0.29) is 6.03 Å². The molecule has 0 bridgehead atoms. The second-order valence-electron chi connectivity index (χ2n) is 6.82. The lowest BCUT2D eigenvalue weighted by molar-refractivity contribution is -0.137. The van der Waals surface area contributed by atoms with Gasteiger partial charge < -0.3 is 20.3 Å². The molecule has 1 fully saturated rings. The van der Waals surface area contributed by atoms with Gasteiger partial charge in [-0.25, -0.2) is 4.79 Å². The van der Waals surface area contributed by atoms with Crippen molar-refractivity contribution < 1.29 is 22.7 Å². The van der Waals surface area contributed by atoms with Crippen molar-refractivity contribution in [2.75, 3.05) is 37.7 Å². The van der Waals surface area contributed by atoms with Crippen LogP contribution in [0.4, 0.5) is 23.7 Å². The fourth-order valence-corrected chi connectivity index (χ4v) is 3.07. The summed E-state index contributed by atoms with van der Waals surface area (Å²) in [5.41, 5.74) is 2.18. The third kappa shape index (κ3) is 6.39. The minimum absolute atomic E-state index is 0.311. The second-order valence-corrected chi connectivity index (χ2v) is 6.82. The smallest absolute Gasteiger partial charge is 0.378 e. The summed E-state index contributed by atoms with van der Waals surface area (Å²) in [6.45, 7) is 3.95. The zero-order chi connectivity index (χ0) is 20.7. The number of ether oxygens (including phenoxy) is 1. The molecule has 2 aromatic carbocycles. The molecule has 2 aromatic rings. The Morgan fingerprint density at radius 2 is 1.55 bits per heavy atom. The van der Waals surface area contributed by atoms with Crippen LogP contribution in [0.5, 0.6) is 0 Å². The second kappa shape index (κ2) is 9.65. The van der Waals surface area contributed by atoms with Crippen LogP contribution in [-0.4, -0.2) is 38.9 Å². The van der Waals surface area contributed by atoms with E-state index in [1.165, 1.54) is 12.1 Å². The SMILES string of the molecule is O=C(NCCc1ccc(C(F)(F)F)cc1)NCc1ccc(N2CCOCC2)cc1. The van der Waals surface area contributed by atoms with Gasteiger partial charge >= 0.3 is 12.2 Å². The standard InChI is InChI=1S/C21H24F3N3O2/c22-21(23,24)18-5-1-16(2-6-18)9-10-25-20(28)26-15-17-3-7-19(8-4-17)27-11-13-29-14-12-27/h1-8H,9-15H2,(H2,25,26,28). The van der Waals surface area contributed by atoms with Gasteiger partial charge in [0.05, 0.1) is 18.8 Å². The minimum atomic E-state index is -4.34. The van der Waals surface area contributed by atoms with E-state index in [2.05, 4.69) is 15.5 Å². The van der Waals surface area contributed by atoms with Crippen molar-refractivity contribution in [2.24, 2.45) is 0 Å². The average Bonchev–Trinajstić information content (AvgIpc) is 2.73. The summed E-state index contributed by atoms with van der Waals surface area (Å²) >= 11 is 0. The lowest BCUT2D eigenvalue weighted by atomic mass is 10.1. The molecule has 0 spiro atoms. The van der Waals surface area contributed by atoms with Crippen LogP contribution in [0, 0.1) is 0 Å². The lowest BCUT2D eigenvalue weighted by Crippen LogP contribution is -2.36. The van der Waals surface area contributed by atoms with E-state index in [0.717, 1.165) is 55.3 Å². The molecule has 0 aromatic heterocycles. The molecule has 3 rings (SSSR count). The van der Waals surface area contributed by atoms with Crippen molar-refractivity contribution in [3.63, 3.8) is 0 Å². The van der Waals surface area contributed by atoms with Crippen LogP contribution in [0.1, 0.15) is 16.7 Å². The number of halogens is 3. The van der Waals surface area contributed by atoms with Gasteiger partial charge in [-0.05, 0) is 41.8 Å². The molecule has 1 aliphatic heterocycles. The van der Waals surface area contributed by atoms with Crippen LogP contribution >= 0.6 is 0 Å². The molecule has 1 aliphatic rings. The van der Waals surface area contributed by atoms with E-state index in [0.29, 0.717) is 19.5 Å². The summed E-state index contributed by atoms with van der Waals surface area (Å²) in [6, 6.07) is 12.7. The van der Waals surface area contributed by atoms with E-state index in [4.69, 9.17) is 4.74 Å². The van der Waals surface area contributed by atoms with E-state index < -0.39 is 11.7 Å². The Hall–Kier alpha value is -2.74. The predicted octanol–water partition coefficient (Wildman–Crippen LogP) is 3.58. The third-order valence-electron chi connectivity index (χ3n) is 4.75. The van der Waals surface area contributed by atoms with Gasteiger partial charge in [0.15, 0.2) is 0 Å². The van der Waals surface area contributed by atoms with E-state index >= 15 is 0 Å². The molecule has 5 nitrogen and oxygen atoms in total. The first-order valence-corrected chi connectivity index (χ1v) is 9.51. The van der Waals surface area contributed by atoms with Crippen LogP contribution in [-0.2, 0) is 23.9 Å². The molecule has 0 saturated carbocycles. The monoisotopic (exact) mass is 407 g/mol. The lowest BCUT2D eigenvalue weighted by Gasteiger charge is -2.28. The van der Waals surface area contributed by atoms with Crippen molar-refractivity contribution in [3.05, 3.63) is 65.2 Å². The normalized spacial score (nSPS) is 14.5. The Morgan fingerprint density at radius 3 is 2.17 bits per heavy atom. The Morgan fingerprint density at radius 1 is 0.931 bits per heavy atom. The zero-order valence-electron chi connectivity index (χ0n) is 16.0. The molecular weight excluding hydrogens is 383 g/mol. The molecule has 0 aliphatic carbocycles. The van der Waals surface area contributed by atoms with Gasteiger partial charge in [0, 0.05) is 31.9 Å². The summed E-state index contributed by atoms with van der Waals surface area (Å²) in [5.74, 6) is 0. The van der Waals surface area contributed by atoms with Gasteiger partial charge in [-0.1, -0.05) is 24.3 Å². The number of rotatable bonds is 6. The van der Waals surface area contributed by atoms with Crippen molar-refractivity contribution in [2.45, 2.75) is 19.1 Å². The van der Waals surface area contributed by atoms with Gasteiger partial charge in [0.2, 0.25) is 0 Å². The summed E-state index contributed by atoms with van der Waals surface area (Å²) in [7, 11) is 0. The highest BCUT2D eigenvalue weighted by Crippen LogP contribution is 2.29. The number of anilines is 1. The van der Waals surface area contributed by atoms with Gasteiger partial charge in [-0.15, -0.1) is 0 Å². The van der Waals surface area contributed by atoms with E-state index in [1.54, 1.807) is 0 Å². The highest BCUT2D eigenvalue weighted by molar-refractivity contribution is 5.73. The van der Waals surface area contributed by atoms with Crippen molar-refractivity contribution in [1.82, 2.24) is 10.6 Å². The number of carbonyl (C=O) groups is 1. The van der Waals surface area contributed by atoms with E-state index in [9.17, 15) is 18.0 Å². The number of carbonyl (C=O) groups excluding carboxylic acids is 1. The molecular formula is C21H24F3N3O2. The number of nitrogens with one attached hydrogen (secondary N) is 2. The van der Waals surface area contributed by atoms with Gasteiger partial charge in [-0.2, -0.15) is 13.2 Å². The molecule has 1 saturated heterocycles. The maximum Gasteiger partial charge on any atom is 0.416 e.